The van der Waals surface area contributed by atoms with E-state index in [0.29, 0.717) is 34.7 Å². The van der Waals surface area contributed by atoms with Crippen molar-refractivity contribution in [2.45, 2.75) is 26.2 Å². The smallest absolute Gasteiger partial charge is 0.175 e. The third kappa shape index (κ3) is 5.20. The van der Waals surface area contributed by atoms with Crippen molar-refractivity contribution in [3.8, 4) is 11.5 Å². The van der Waals surface area contributed by atoms with Gasteiger partial charge < -0.3 is 14.6 Å². The van der Waals surface area contributed by atoms with Crippen LogP contribution in [0, 0.1) is 0 Å². The molecule has 0 aliphatic heterocycles. The van der Waals surface area contributed by atoms with Gasteiger partial charge in [0.2, 0.25) is 0 Å². The first-order chi connectivity index (χ1) is 9.22. The van der Waals surface area contributed by atoms with Crippen LogP contribution in [-0.4, -0.2) is 31.2 Å². The number of halogens is 1. The van der Waals surface area contributed by atoms with Crippen molar-refractivity contribution in [2.24, 2.45) is 0 Å². The largest absolute Gasteiger partial charge is 0.490 e. The number of ether oxygens (including phenoxy) is 2. The summed E-state index contributed by atoms with van der Waals surface area (Å²) in [5.41, 5.74) is 0.544. The van der Waals surface area contributed by atoms with Gasteiger partial charge in [-0.05, 0) is 54.2 Å². The van der Waals surface area contributed by atoms with Crippen molar-refractivity contribution >= 4 is 22.2 Å². The Morgan fingerprint density at radius 3 is 2.68 bits per heavy atom. The van der Waals surface area contributed by atoms with Crippen LogP contribution >= 0.6 is 15.9 Å². The zero-order valence-corrected chi connectivity index (χ0v) is 12.6. The van der Waals surface area contributed by atoms with Gasteiger partial charge in [-0.2, -0.15) is 0 Å². The molecule has 4 nitrogen and oxygen atoms in total. The standard InChI is InChI=1S/C14H19BrO4/c1-2-18-13-9-11(10-17)8-12(15)14(13)19-7-5-3-4-6-16/h8-10,16H,2-7H2,1H3. The van der Waals surface area contributed by atoms with Gasteiger partial charge in [0.25, 0.3) is 0 Å². The third-order valence-corrected chi connectivity index (χ3v) is 3.11. The Morgan fingerprint density at radius 2 is 2.05 bits per heavy atom. The number of carbonyl (C=O) groups excluding carboxylic acids is 1. The zero-order valence-electron chi connectivity index (χ0n) is 11.0. The van der Waals surface area contributed by atoms with Crippen molar-refractivity contribution in [1.82, 2.24) is 0 Å². The van der Waals surface area contributed by atoms with Gasteiger partial charge in [-0.15, -0.1) is 0 Å². The molecule has 1 aromatic rings. The molecule has 0 spiro atoms. The van der Waals surface area contributed by atoms with Gasteiger partial charge in [0, 0.05) is 12.2 Å². The molecule has 0 bridgehead atoms. The Morgan fingerprint density at radius 1 is 1.26 bits per heavy atom. The number of aliphatic hydroxyl groups is 1. The molecule has 0 radical (unpaired) electrons. The number of rotatable bonds is 9. The van der Waals surface area contributed by atoms with Crippen LogP contribution < -0.4 is 9.47 Å². The summed E-state index contributed by atoms with van der Waals surface area (Å²) >= 11 is 3.39. The first-order valence-electron chi connectivity index (χ1n) is 6.38. The van der Waals surface area contributed by atoms with Gasteiger partial charge in [-0.3, -0.25) is 4.79 Å². The molecule has 0 amide bonds. The lowest BCUT2D eigenvalue weighted by Crippen LogP contribution is -2.03. The van der Waals surface area contributed by atoms with Crippen LogP contribution in [0.1, 0.15) is 36.5 Å². The summed E-state index contributed by atoms with van der Waals surface area (Å²) in [6.07, 6.45) is 3.35. The highest BCUT2D eigenvalue weighted by Gasteiger charge is 2.11. The van der Waals surface area contributed by atoms with Crippen LogP contribution in [0.2, 0.25) is 0 Å². The molecule has 1 rings (SSSR count). The normalized spacial score (nSPS) is 10.3. The molecule has 0 atom stereocenters. The fraction of sp³-hybridized carbons (Fsp3) is 0.500. The van der Waals surface area contributed by atoms with E-state index in [-0.39, 0.29) is 6.61 Å². The Balaban J connectivity index is 2.71. The molecule has 0 unspecified atom stereocenters. The molecule has 1 N–H and O–H groups in total. The Hall–Kier alpha value is -1.07. The van der Waals surface area contributed by atoms with E-state index in [2.05, 4.69) is 15.9 Å². The third-order valence-electron chi connectivity index (χ3n) is 2.52. The topological polar surface area (TPSA) is 55.8 Å². The molecule has 0 aromatic heterocycles. The van der Waals surface area contributed by atoms with Crippen LogP contribution in [0.3, 0.4) is 0 Å². The van der Waals surface area contributed by atoms with E-state index in [9.17, 15) is 4.79 Å². The van der Waals surface area contributed by atoms with Crippen LogP contribution in [0.4, 0.5) is 0 Å². The van der Waals surface area contributed by atoms with Gasteiger partial charge >= 0.3 is 0 Å². The maximum Gasteiger partial charge on any atom is 0.175 e. The van der Waals surface area contributed by atoms with Gasteiger partial charge in [0.05, 0.1) is 17.7 Å². The number of benzene rings is 1. The second kappa shape index (κ2) is 8.93. The van der Waals surface area contributed by atoms with Crippen molar-refractivity contribution in [2.75, 3.05) is 19.8 Å². The van der Waals surface area contributed by atoms with Crippen LogP contribution in [-0.2, 0) is 0 Å². The Kier molecular flexibility index (Phi) is 7.52. The zero-order chi connectivity index (χ0) is 14.1. The average molecular weight is 331 g/mol. The highest BCUT2D eigenvalue weighted by atomic mass is 79.9. The maximum absolute atomic E-state index is 10.8. The number of aliphatic hydroxyl groups excluding tert-OH is 1. The summed E-state index contributed by atoms with van der Waals surface area (Å²) in [5, 5.41) is 8.70. The van der Waals surface area contributed by atoms with E-state index in [1.165, 1.54) is 0 Å². The monoisotopic (exact) mass is 330 g/mol. The number of unbranched alkanes of at least 4 members (excludes halogenated alkanes) is 2. The summed E-state index contributed by atoms with van der Waals surface area (Å²) in [6, 6.07) is 3.38. The van der Waals surface area contributed by atoms with E-state index in [4.69, 9.17) is 14.6 Å². The minimum atomic E-state index is 0.210. The van der Waals surface area contributed by atoms with Crippen molar-refractivity contribution < 1.29 is 19.4 Å². The lowest BCUT2D eigenvalue weighted by Gasteiger charge is -2.14. The molecule has 1 aromatic carbocycles. The molecule has 0 heterocycles. The van der Waals surface area contributed by atoms with Crippen molar-refractivity contribution in [3.05, 3.63) is 22.2 Å². The summed E-state index contributed by atoms with van der Waals surface area (Å²) in [5.74, 6) is 1.19. The molecular weight excluding hydrogens is 312 g/mol. The van der Waals surface area contributed by atoms with Crippen LogP contribution in [0.25, 0.3) is 0 Å². The minimum absolute atomic E-state index is 0.210. The Labute approximate surface area is 121 Å². The summed E-state index contributed by atoms with van der Waals surface area (Å²) < 4.78 is 11.9. The van der Waals surface area contributed by atoms with Gasteiger partial charge in [0.15, 0.2) is 11.5 Å². The van der Waals surface area contributed by atoms with E-state index in [1.807, 2.05) is 6.92 Å². The molecule has 0 saturated carbocycles. The molecule has 0 aliphatic carbocycles. The predicted octanol–water partition coefficient (Wildman–Crippen LogP) is 3.20. The lowest BCUT2D eigenvalue weighted by molar-refractivity contribution is 0.112. The van der Waals surface area contributed by atoms with Crippen molar-refractivity contribution in [3.63, 3.8) is 0 Å². The molecule has 19 heavy (non-hydrogen) atoms. The summed E-state index contributed by atoms with van der Waals surface area (Å²) in [4.78, 5) is 10.8. The van der Waals surface area contributed by atoms with E-state index in [1.54, 1.807) is 12.1 Å². The van der Waals surface area contributed by atoms with Gasteiger partial charge in [-0.1, -0.05) is 0 Å². The molecule has 0 saturated heterocycles. The second-order valence-corrected chi connectivity index (χ2v) is 4.87. The molecule has 106 valence electrons. The van der Waals surface area contributed by atoms with Gasteiger partial charge in [0.1, 0.15) is 6.29 Å². The minimum Gasteiger partial charge on any atom is -0.490 e. The van der Waals surface area contributed by atoms with E-state index < -0.39 is 0 Å². The quantitative estimate of drug-likeness (QED) is 0.558. The molecule has 0 aliphatic rings. The molecular formula is C14H19BrO4. The molecule has 0 fully saturated rings. The molecule has 5 heteroatoms. The maximum atomic E-state index is 10.8. The average Bonchev–Trinajstić information content (AvgIpc) is 2.41. The fourth-order valence-corrected chi connectivity index (χ4v) is 2.20. The second-order valence-electron chi connectivity index (χ2n) is 4.01. The summed E-state index contributed by atoms with van der Waals surface area (Å²) in [7, 11) is 0. The first kappa shape index (κ1) is 16.0. The lowest BCUT2D eigenvalue weighted by atomic mass is 10.2. The highest BCUT2D eigenvalue weighted by Crippen LogP contribution is 2.36. The first-order valence-corrected chi connectivity index (χ1v) is 7.17. The Bertz CT molecular complexity index is 407. The summed E-state index contributed by atoms with van der Waals surface area (Å²) in [6.45, 7) is 3.16. The van der Waals surface area contributed by atoms with E-state index >= 15 is 0 Å². The number of carbonyl (C=O) groups is 1. The number of hydrogen-bond donors (Lipinski definition) is 1. The number of hydrogen-bond acceptors (Lipinski definition) is 4. The van der Waals surface area contributed by atoms with E-state index in [0.717, 1.165) is 25.5 Å². The fourth-order valence-electron chi connectivity index (χ4n) is 1.62. The SMILES string of the molecule is CCOc1cc(C=O)cc(Br)c1OCCCCCO. The predicted molar refractivity (Wildman–Crippen MR) is 77.1 cm³/mol. The van der Waals surface area contributed by atoms with Crippen LogP contribution in [0.15, 0.2) is 16.6 Å². The van der Waals surface area contributed by atoms with Gasteiger partial charge in [-0.25, -0.2) is 0 Å². The van der Waals surface area contributed by atoms with Crippen LogP contribution in [0.5, 0.6) is 11.5 Å². The highest BCUT2D eigenvalue weighted by molar-refractivity contribution is 9.10. The number of aldehydes is 1. The van der Waals surface area contributed by atoms with Crippen molar-refractivity contribution in [1.29, 1.82) is 0 Å².